The molecule has 0 spiro atoms. The van der Waals surface area contributed by atoms with Crippen LogP contribution in [0.4, 0.5) is 22.4 Å². The second-order valence-electron chi connectivity index (χ2n) is 5.12. The minimum Gasteiger partial charge on any atom is -0.345 e. The predicted octanol–water partition coefficient (Wildman–Crippen LogP) is 1.79. The maximum atomic E-state index is 13.6. The Morgan fingerprint density at radius 2 is 1.96 bits per heavy atom. The number of amides is 3. The van der Waals surface area contributed by atoms with Gasteiger partial charge >= 0.3 is 12.2 Å². The quantitative estimate of drug-likeness (QED) is 0.735. The lowest BCUT2D eigenvalue weighted by Gasteiger charge is -2.15. The number of nitrogens with one attached hydrogen (secondary N) is 3. The van der Waals surface area contributed by atoms with Crippen LogP contribution in [0.15, 0.2) is 18.2 Å². The van der Waals surface area contributed by atoms with Crippen molar-refractivity contribution in [2.24, 2.45) is 0 Å². The number of fused-ring (bicyclic) bond motifs is 1. The number of rotatable bonds is 4. The molecule has 3 amide bonds. The van der Waals surface area contributed by atoms with Gasteiger partial charge in [-0.05, 0) is 30.0 Å². The molecule has 5 nitrogen and oxygen atoms in total. The minimum absolute atomic E-state index is 0.335. The van der Waals surface area contributed by atoms with Crippen molar-refractivity contribution in [3.63, 3.8) is 0 Å². The molecule has 1 aromatic carbocycles. The summed E-state index contributed by atoms with van der Waals surface area (Å²) in [5.41, 5.74) is 1.21. The zero-order valence-electron chi connectivity index (χ0n) is 12.0. The molecule has 1 aliphatic rings. The molecule has 1 atom stereocenters. The summed E-state index contributed by atoms with van der Waals surface area (Å²) in [7, 11) is 0. The highest BCUT2D eigenvalue weighted by Crippen LogP contribution is 2.32. The van der Waals surface area contributed by atoms with Crippen LogP contribution >= 0.6 is 0 Å². The van der Waals surface area contributed by atoms with Crippen LogP contribution in [-0.2, 0) is 11.2 Å². The normalized spacial score (nSPS) is 16.6. The highest BCUT2D eigenvalue weighted by molar-refractivity contribution is 5.84. The summed E-state index contributed by atoms with van der Waals surface area (Å²) in [5, 5.41) is 6.38. The van der Waals surface area contributed by atoms with Crippen molar-refractivity contribution in [1.29, 1.82) is 0 Å². The van der Waals surface area contributed by atoms with Gasteiger partial charge in [-0.2, -0.15) is 13.2 Å². The monoisotopic (exact) mass is 333 g/mol. The molecule has 0 aliphatic heterocycles. The number of carbonyl (C=O) groups excluding carboxylic acids is 2. The van der Waals surface area contributed by atoms with Crippen LogP contribution in [0.2, 0.25) is 0 Å². The number of hydrogen-bond acceptors (Lipinski definition) is 2. The molecule has 126 valence electrons. The van der Waals surface area contributed by atoms with Crippen LogP contribution in [0.3, 0.4) is 0 Å². The first-order chi connectivity index (χ1) is 10.8. The molecular weight excluding hydrogens is 318 g/mol. The smallest absolute Gasteiger partial charge is 0.345 e. The highest BCUT2D eigenvalue weighted by atomic mass is 19.4. The van der Waals surface area contributed by atoms with Crippen LogP contribution in [0.25, 0.3) is 0 Å². The lowest BCUT2D eigenvalue weighted by molar-refractivity contribution is -0.137. The average molecular weight is 333 g/mol. The summed E-state index contributed by atoms with van der Waals surface area (Å²) in [5.74, 6) is -1.28. The van der Waals surface area contributed by atoms with E-state index in [-0.39, 0.29) is 11.9 Å². The second-order valence-corrected chi connectivity index (χ2v) is 5.12. The standard InChI is InChI=1S/C14H15F4N3O2/c15-10-3-1-2-9-8(10)4-5-11(9)21-13(23)19-6-12(22)20-7-14(16,17)18/h1-3,11H,4-7H2,(H,20,22)(H2,19,21,23). The molecule has 0 bridgehead atoms. The minimum atomic E-state index is -4.50. The molecule has 0 saturated carbocycles. The number of hydrogen-bond donors (Lipinski definition) is 3. The van der Waals surface area contributed by atoms with Gasteiger partial charge in [-0.1, -0.05) is 12.1 Å². The van der Waals surface area contributed by atoms with Gasteiger partial charge in [0.2, 0.25) is 5.91 Å². The third-order valence-electron chi connectivity index (χ3n) is 3.41. The Morgan fingerprint density at radius 1 is 1.22 bits per heavy atom. The van der Waals surface area contributed by atoms with E-state index in [4.69, 9.17) is 0 Å². The number of carbonyl (C=O) groups is 2. The molecule has 1 aliphatic carbocycles. The lowest BCUT2D eigenvalue weighted by Crippen LogP contribution is -2.44. The third kappa shape index (κ3) is 4.83. The SMILES string of the molecule is O=C(CNC(=O)NC1CCc2c(F)cccc21)NCC(F)(F)F. The molecule has 1 unspecified atom stereocenters. The van der Waals surface area contributed by atoms with Crippen LogP contribution < -0.4 is 16.0 Å². The Bertz CT molecular complexity index is 604. The van der Waals surface area contributed by atoms with Crippen LogP contribution in [-0.4, -0.2) is 31.2 Å². The summed E-state index contributed by atoms with van der Waals surface area (Å²) in [6, 6.07) is 3.49. The second kappa shape index (κ2) is 6.84. The summed E-state index contributed by atoms with van der Waals surface area (Å²) in [4.78, 5) is 22.9. The van der Waals surface area contributed by atoms with E-state index in [0.29, 0.717) is 24.0 Å². The van der Waals surface area contributed by atoms with Crippen molar-refractivity contribution >= 4 is 11.9 Å². The van der Waals surface area contributed by atoms with Gasteiger partial charge in [-0.15, -0.1) is 0 Å². The number of alkyl halides is 3. The van der Waals surface area contributed by atoms with Gasteiger partial charge in [0.15, 0.2) is 0 Å². The van der Waals surface area contributed by atoms with E-state index in [0.717, 1.165) is 0 Å². The van der Waals surface area contributed by atoms with Crippen molar-refractivity contribution in [3.8, 4) is 0 Å². The lowest BCUT2D eigenvalue weighted by atomic mass is 10.1. The summed E-state index contributed by atoms with van der Waals surface area (Å²) in [6.07, 6.45) is -3.50. The first kappa shape index (κ1) is 17.0. The summed E-state index contributed by atoms with van der Waals surface area (Å²) < 4.78 is 49.3. The van der Waals surface area contributed by atoms with E-state index in [1.54, 1.807) is 11.4 Å². The molecule has 0 fully saturated rings. The zero-order valence-corrected chi connectivity index (χ0v) is 12.0. The van der Waals surface area contributed by atoms with Gasteiger partial charge < -0.3 is 16.0 Å². The average Bonchev–Trinajstić information content (AvgIpc) is 2.87. The Labute approximate surface area is 129 Å². The fourth-order valence-electron chi connectivity index (χ4n) is 2.39. The fraction of sp³-hybridized carbons (Fsp3) is 0.429. The van der Waals surface area contributed by atoms with Gasteiger partial charge in [0.25, 0.3) is 0 Å². The molecule has 23 heavy (non-hydrogen) atoms. The van der Waals surface area contributed by atoms with Gasteiger partial charge in [-0.25, -0.2) is 9.18 Å². The number of halogens is 4. The van der Waals surface area contributed by atoms with Crippen molar-refractivity contribution in [3.05, 3.63) is 35.1 Å². The van der Waals surface area contributed by atoms with Crippen LogP contribution in [0.5, 0.6) is 0 Å². The molecule has 9 heteroatoms. The molecule has 0 saturated heterocycles. The van der Waals surface area contributed by atoms with Gasteiger partial charge in [0.1, 0.15) is 12.4 Å². The summed E-state index contributed by atoms with van der Waals surface area (Å²) in [6.45, 7) is -2.03. The fourth-order valence-corrected chi connectivity index (χ4v) is 2.39. The van der Waals surface area contributed by atoms with Gasteiger partial charge in [0, 0.05) is 0 Å². The number of urea groups is 1. The van der Waals surface area contributed by atoms with E-state index in [2.05, 4.69) is 10.6 Å². The topological polar surface area (TPSA) is 70.2 Å². The Kier molecular flexibility index (Phi) is 5.07. The van der Waals surface area contributed by atoms with Crippen molar-refractivity contribution < 1.29 is 27.2 Å². The third-order valence-corrected chi connectivity index (χ3v) is 3.41. The van der Waals surface area contributed by atoms with E-state index in [1.807, 2.05) is 0 Å². The Morgan fingerprint density at radius 3 is 2.65 bits per heavy atom. The van der Waals surface area contributed by atoms with E-state index in [1.165, 1.54) is 12.1 Å². The van der Waals surface area contributed by atoms with Crippen LogP contribution in [0, 0.1) is 5.82 Å². The van der Waals surface area contributed by atoms with Gasteiger partial charge in [-0.3, -0.25) is 4.79 Å². The first-order valence-electron chi connectivity index (χ1n) is 6.91. The van der Waals surface area contributed by atoms with Crippen molar-refractivity contribution in [2.45, 2.75) is 25.1 Å². The molecule has 0 aromatic heterocycles. The van der Waals surface area contributed by atoms with E-state index < -0.39 is 31.2 Å². The molecule has 2 rings (SSSR count). The molecule has 0 radical (unpaired) electrons. The Hall–Kier alpha value is -2.32. The first-order valence-corrected chi connectivity index (χ1v) is 6.91. The van der Waals surface area contributed by atoms with Crippen molar-refractivity contribution in [2.75, 3.05) is 13.1 Å². The summed E-state index contributed by atoms with van der Waals surface area (Å²) >= 11 is 0. The van der Waals surface area contributed by atoms with Crippen molar-refractivity contribution in [1.82, 2.24) is 16.0 Å². The largest absolute Gasteiger partial charge is 0.405 e. The maximum Gasteiger partial charge on any atom is 0.405 e. The van der Waals surface area contributed by atoms with E-state index in [9.17, 15) is 27.2 Å². The molecular formula is C14H15F4N3O2. The Balaban J connectivity index is 1.79. The highest BCUT2D eigenvalue weighted by Gasteiger charge is 2.28. The number of benzene rings is 1. The van der Waals surface area contributed by atoms with E-state index >= 15 is 0 Å². The van der Waals surface area contributed by atoms with Crippen LogP contribution in [0.1, 0.15) is 23.6 Å². The molecule has 1 aromatic rings. The maximum absolute atomic E-state index is 13.6. The molecule has 0 heterocycles. The predicted molar refractivity (Wildman–Crippen MR) is 73.1 cm³/mol. The molecule has 3 N–H and O–H groups in total. The van der Waals surface area contributed by atoms with Gasteiger partial charge in [0.05, 0.1) is 12.6 Å². The zero-order chi connectivity index (χ0) is 17.0.